The van der Waals surface area contributed by atoms with Gasteiger partial charge in [-0.05, 0) is 36.0 Å². The lowest BCUT2D eigenvalue weighted by Crippen LogP contribution is -1.91. The maximum Gasteiger partial charge on any atom is 0.0817 e. The molecule has 0 aliphatic heterocycles. The van der Waals surface area contributed by atoms with E-state index in [9.17, 15) is 0 Å². The zero-order valence-corrected chi connectivity index (χ0v) is 10.1. The summed E-state index contributed by atoms with van der Waals surface area (Å²) in [6.07, 6.45) is 2.77. The van der Waals surface area contributed by atoms with Gasteiger partial charge in [-0.2, -0.15) is 0 Å². The number of benzene rings is 1. The Balaban J connectivity index is 2.68. The fourth-order valence-electron chi connectivity index (χ4n) is 1.59. The van der Waals surface area contributed by atoms with Gasteiger partial charge in [0.05, 0.1) is 13.4 Å². The van der Waals surface area contributed by atoms with Crippen LogP contribution in [0.2, 0.25) is 0 Å². The minimum absolute atomic E-state index is 0.606. The van der Waals surface area contributed by atoms with Gasteiger partial charge in [0.15, 0.2) is 0 Å². The highest BCUT2D eigenvalue weighted by Gasteiger charge is 1.99. The summed E-state index contributed by atoms with van der Waals surface area (Å²) in [6.45, 7) is 6.51. The molecule has 0 fully saturated rings. The van der Waals surface area contributed by atoms with E-state index in [1.807, 2.05) is 0 Å². The van der Waals surface area contributed by atoms with Crippen molar-refractivity contribution in [2.45, 2.75) is 33.1 Å². The van der Waals surface area contributed by atoms with E-state index < -0.39 is 0 Å². The second kappa shape index (κ2) is 5.59. The Morgan fingerprint density at radius 1 is 1.27 bits per heavy atom. The van der Waals surface area contributed by atoms with Crippen LogP contribution in [0.4, 0.5) is 0 Å². The predicted molar refractivity (Wildman–Crippen MR) is 65.0 cm³/mol. The third-order valence-corrected chi connectivity index (χ3v) is 2.45. The van der Waals surface area contributed by atoms with E-state index >= 15 is 0 Å². The fourth-order valence-corrected chi connectivity index (χ4v) is 1.59. The van der Waals surface area contributed by atoms with Crippen molar-refractivity contribution in [1.29, 1.82) is 0 Å². The maximum atomic E-state index is 4.98. The molecule has 0 N–H and O–H groups in total. The molecule has 0 radical (unpaired) electrons. The molecule has 1 aromatic rings. The average Bonchev–Trinajstić information content (AvgIpc) is 2.18. The Morgan fingerprint density at radius 3 is 2.33 bits per heavy atom. The molecule has 1 aromatic carbocycles. The molecule has 82 valence electrons. The Labute approximate surface area is 92.8 Å². The van der Waals surface area contributed by atoms with Gasteiger partial charge in [0.1, 0.15) is 0 Å². The summed E-state index contributed by atoms with van der Waals surface area (Å²) in [4.78, 5) is 0. The molecule has 1 heteroatoms. The monoisotopic (exact) mass is 204 g/mol. The third kappa shape index (κ3) is 3.78. The van der Waals surface area contributed by atoms with Crippen molar-refractivity contribution in [3.63, 3.8) is 0 Å². The van der Waals surface area contributed by atoms with Crippen LogP contribution in [0.15, 0.2) is 36.1 Å². The maximum absolute atomic E-state index is 4.98. The third-order valence-electron chi connectivity index (χ3n) is 2.45. The van der Waals surface area contributed by atoms with E-state index in [0.717, 1.165) is 6.42 Å². The highest BCUT2D eigenvalue weighted by Crippen LogP contribution is 2.16. The molecular weight excluding hydrogens is 184 g/mol. The van der Waals surface area contributed by atoms with Crippen LogP contribution in [-0.2, 0) is 11.2 Å². The molecule has 0 amide bonds. The molecule has 1 rings (SSSR count). The first-order valence-electron chi connectivity index (χ1n) is 5.40. The molecule has 0 saturated heterocycles. The second-order valence-electron chi connectivity index (χ2n) is 4.27. The Hall–Kier alpha value is -1.24. The number of hydrogen-bond acceptors (Lipinski definition) is 1. The van der Waals surface area contributed by atoms with E-state index in [1.165, 1.54) is 16.7 Å². The zero-order chi connectivity index (χ0) is 11.3. The molecule has 0 aromatic heterocycles. The highest BCUT2D eigenvalue weighted by atomic mass is 16.5. The van der Waals surface area contributed by atoms with E-state index in [1.54, 1.807) is 13.4 Å². The van der Waals surface area contributed by atoms with Crippen LogP contribution >= 0.6 is 0 Å². The normalized spacial score (nSPS) is 11.9. The van der Waals surface area contributed by atoms with Gasteiger partial charge in [-0.25, -0.2) is 0 Å². The Bertz CT molecular complexity index is 320. The summed E-state index contributed by atoms with van der Waals surface area (Å²) < 4.78 is 4.98. The molecule has 0 aliphatic carbocycles. The number of hydrogen-bond donors (Lipinski definition) is 0. The van der Waals surface area contributed by atoms with Gasteiger partial charge in [-0.3, -0.25) is 0 Å². The lowest BCUT2D eigenvalue weighted by atomic mass is 9.99. The van der Waals surface area contributed by atoms with Gasteiger partial charge in [-0.15, -0.1) is 0 Å². The summed E-state index contributed by atoms with van der Waals surface area (Å²) in [5, 5.41) is 0. The van der Waals surface area contributed by atoms with Crippen LogP contribution in [0, 0.1) is 0 Å². The SMILES string of the molecule is CO/C=C(\C)Cc1ccc(C(C)C)cc1. The summed E-state index contributed by atoms with van der Waals surface area (Å²) in [7, 11) is 1.69. The number of allylic oxidation sites excluding steroid dienone is 1. The van der Waals surface area contributed by atoms with Crippen molar-refractivity contribution >= 4 is 0 Å². The average molecular weight is 204 g/mol. The van der Waals surface area contributed by atoms with Crippen molar-refractivity contribution in [2.24, 2.45) is 0 Å². The van der Waals surface area contributed by atoms with Gasteiger partial charge in [0.25, 0.3) is 0 Å². The van der Waals surface area contributed by atoms with E-state index in [-0.39, 0.29) is 0 Å². The first-order valence-corrected chi connectivity index (χ1v) is 5.40. The summed E-state index contributed by atoms with van der Waals surface area (Å²) in [5.74, 6) is 0.606. The molecule has 0 heterocycles. The Kier molecular flexibility index (Phi) is 4.41. The van der Waals surface area contributed by atoms with Crippen LogP contribution in [0.25, 0.3) is 0 Å². The molecule has 0 spiro atoms. The van der Waals surface area contributed by atoms with Crippen LogP contribution < -0.4 is 0 Å². The molecule has 0 atom stereocenters. The number of rotatable bonds is 4. The predicted octanol–water partition coefficient (Wildman–Crippen LogP) is 3.90. The molecule has 0 saturated carbocycles. The van der Waals surface area contributed by atoms with Crippen LogP contribution in [0.3, 0.4) is 0 Å². The first kappa shape index (κ1) is 11.8. The van der Waals surface area contributed by atoms with Gasteiger partial charge >= 0.3 is 0 Å². The smallest absolute Gasteiger partial charge is 0.0817 e. The topological polar surface area (TPSA) is 9.23 Å². The van der Waals surface area contributed by atoms with Crippen molar-refractivity contribution in [3.8, 4) is 0 Å². The summed E-state index contributed by atoms with van der Waals surface area (Å²) >= 11 is 0. The van der Waals surface area contributed by atoms with E-state index in [2.05, 4.69) is 45.0 Å². The molecular formula is C14H20O. The quantitative estimate of drug-likeness (QED) is 0.676. The highest BCUT2D eigenvalue weighted by molar-refractivity contribution is 5.27. The summed E-state index contributed by atoms with van der Waals surface area (Å²) in [6, 6.07) is 8.81. The minimum atomic E-state index is 0.606. The van der Waals surface area contributed by atoms with Crippen molar-refractivity contribution in [2.75, 3.05) is 7.11 Å². The van der Waals surface area contributed by atoms with Gasteiger partial charge in [0, 0.05) is 0 Å². The zero-order valence-electron chi connectivity index (χ0n) is 10.1. The molecule has 0 unspecified atom stereocenters. The first-order chi connectivity index (χ1) is 7.13. The van der Waals surface area contributed by atoms with Gasteiger partial charge in [-0.1, -0.05) is 38.1 Å². The van der Waals surface area contributed by atoms with Gasteiger partial charge in [0.2, 0.25) is 0 Å². The van der Waals surface area contributed by atoms with Crippen molar-refractivity contribution in [1.82, 2.24) is 0 Å². The molecule has 0 aliphatic rings. The van der Waals surface area contributed by atoms with Gasteiger partial charge < -0.3 is 4.74 Å². The summed E-state index contributed by atoms with van der Waals surface area (Å²) in [5.41, 5.74) is 3.98. The van der Waals surface area contributed by atoms with Crippen molar-refractivity contribution < 1.29 is 4.74 Å². The number of methoxy groups -OCH3 is 1. The lowest BCUT2D eigenvalue weighted by molar-refractivity contribution is 0.333. The van der Waals surface area contributed by atoms with Crippen LogP contribution in [-0.4, -0.2) is 7.11 Å². The lowest BCUT2D eigenvalue weighted by Gasteiger charge is -2.07. The second-order valence-corrected chi connectivity index (χ2v) is 4.27. The molecule has 0 bridgehead atoms. The van der Waals surface area contributed by atoms with E-state index in [4.69, 9.17) is 4.74 Å². The fraction of sp³-hybridized carbons (Fsp3) is 0.429. The van der Waals surface area contributed by atoms with Crippen LogP contribution in [0.5, 0.6) is 0 Å². The molecule has 15 heavy (non-hydrogen) atoms. The largest absolute Gasteiger partial charge is 0.504 e. The Morgan fingerprint density at radius 2 is 1.87 bits per heavy atom. The number of ether oxygens (including phenoxy) is 1. The molecule has 1 nitrogen and oxygen atoms in total. The van der Waals surface area contributed by atoms with Crippen molar-refractivity contribution in [3.05, 3.63) is 47.2 Å². The van der Waals surface area contributed by atoms with E-state index in [0.29, 0.717) is 5.92 Å². The van der Waals surface area contributed by atoms with Crippen LogP contribution in [0.1, 0.15) is 37.8 Å². The standard InChI is InChI=1S/C14H20O/c1-11(2)14-7-5-13(6-8-14)9-12(3)10-15-4/h5-8,10-11H,9H2,1-4H3/b12-10+. The minimum Gasteiger partial charge on any atom is -0.504 e.